The van der Waals surface area contributed by atoms with Gasteiger partial charge in [-0.2, -0.15) is 0 Å². The first-order chi connectivity index (χ1) is 5.20. The molecule has 0 aromatic rings. The van der Waals surface area contributed by atoms with Crippen LogP contribution in [0.5, 0.6) is 0 Å². The molecule has 12 heavy (non-hydrogen) atoms. The Hall–Kier alpha value is -0.0600. The molecule has 0 aliphatic carbocycles. The Morgan fingerprint density at radius 2 is 1.33 bits per heavy atom. The number of ether oxygens (including phenoxy) is 2. The van der Waals surface area contributed by atoms with E-state index in [9.17, 15) is 9.59 Å². The summed E-state index contributed by atoms with van der Waals surface area (Å²) in [5, 5.41) is 0. The zero-order chi connectivity index (χ0) is 8.69. The topological polar surface area (TPSA) is 52.6 Å². The molecule has 0 aliphatic heterocycles. The summed E-state index contributed by atoms with van der Waals surface area (Å²) < 4.78 is 8.75. The van der Waals surface area contributed by atoms with E-state index >= 15 is 0 Å². The molecule has 0 aliphatic rings. The van der Waals surface area contributed by atoms with Crippen molar-refractivity contribution in [2.45, 2.75) is 19.3 Å². The standard InChI is InChI=1S/C7H12O4.Na.H/c1-10-6(8)4-3-5-7(9)11-2;;/h3-5H2,1-2H3;;. The predicted molar refractivity (Wildman–Crippen MR) is 45.0 cm³/mol. The molecule has 0 rings (SSSR count). The van der Waals surface area contributed by atoms with E-state index in [1.165, 1.54) is 14.2 Å². The van der Waals surface area contributed by atoms with Gasteiger partial charge >= 0.3 is 41.5 Å². The fourth-order valence-electron chi connectivity index (χ4n) is 0.581. The van der Waals surface area contributed by atoms with Gasteiger partial charge in [0.1, 0.15) is 0 Å². The van der Waals surface area contributed by atoms with Crippen LogP contribution in [-0.2, 0) is 19.1 Å². The van der Waals surface area contributed by atoms with Crippen molar-refractivity contribution >= 4 is 41.5 Å². The van der Waals surface area contributed by atoms with Gasteiger partial charge in [-0.25, -0.2) is 0 Å². The second kappa shape index (κ2) is 9.03. The normalized spacial score (nSPS) is 8.17. The Morgan fingerprint density at radius 3 is 1.58 bits per heavy atom. The van der Waals surface area contributed by atoms with E-state index < -0.39 is 0 Å². The molecule has 66 valence electrons. The number of hydrogen-bond acceptors (Lipinski definition) is 4. The number of rotatable bonds is 4. The zero-order valence-corrected chi connectivity index (χ0v) is 6.75. The average Bonchev–Trinajstić information content (AvgIpc) is 2.04. The van der Waals surface area contributed by atoms with Crippen molar-refractivity contribution in [3.8, 4) is 0 Å². The summed E-state index contributed by atoms with van der Waals surface area (Å²) >= 11 is 0. The summed E-state index contributed by atoms with van der Waals surface area (Å²) in [7, 11) is 2.64. The van der Waals surface area contributed by atoms with Gasteiger partial charge in [0.2, 0.25) is 0 Å². The molecule has 0 saturated carbocycles. The molecular formula is C7H13NaO4. The van der Waals surface area contributed by atoms with E-state index in [1.807, 2.05) is 0 Å². The first kappa shape index (κ1) is 14.5. The van der Waals surface area contributed by atoms with Crippen molar-refractivity contribution < 1.29 is 19.1 Å². The molecule has 0 unspecified atom stereocenters. The molecule has 0 amide bonds. The minimum atomic E-state index is -0.297. The van der Waals surface area contributed by atoms with Crippen LogP contribution in [0.25, 0.3) is 0 Å². The molecular weight excluding hydrogens is 171 g/mol. The molecule has 0 bridgehead atoms. The van der Waals surface area contributed by atoms with Crippen LogP contribution < -0.4 is 0 Å². The van der Waals surface area contributed by atoms with Gasteiger partial charge in [0.25, 0.3) is 0 Å². The van der Waals surface area contributed by atoms with Crippen LogP contribution in [0, 0.1) is 0 Å². The van der Waals surface area contributed by atoms with E-state index in [0.29, 0.717) is 6.42 Å². The third kappa shape index (κ3) is 8.04. The van der Waals surface area contributed by atoms with Crippen LogP contribution in [0.15, 0.2) is 0 Å². The van der Waals surface area contributed by atoms with Crippen LogP contribution in [0.3, 0.4) is 0 Å². The van der Waals surface area contributed by atoms with E-state index in [4.69, 9.17) is 0 Å². The van der Waals surface area contributed by atoms with Crippen LogP contribution in [0.2, 0.25) is 0 Å². The van der Waals surface area contributed by atoms with Gasteiger partial charge < -0.3 is 9.47 Å². The van der Waals surface area contributed by atoms with Crippen molar-refractivity contribution in [1.29, 1.82) is 0 Å². The maximum atomic E-state index is 10.5. The SMILES string of the molecule is COC(=O)CCCC(=O)OC.[NaH]. The number of carbonyl (C=O) groups excluding carboxylic acids is 2. The van der Waals surface area contributed by atoms with E-state index in [-0.39, 0.29) is 54.3 Å². The summed E-state index contributed by atoms with van der Waals surface area (Å²) in [5.41, 5.74) is 0. The van der Waals surface area contributed by atoms with Gasteiger partial charge in [0.15, 0.2) is 0 Å². The molecule has 0 saturated heterocycles. The first-order valence-electron chi connectivity index (χ1n) is 3.34. The summed E-state index contributed by atoms with van der Waals surface area (Å²) in [4.78, 5) is 21.0. The molecule has 0 fully saturated rings. The van der Waals surface area contributed by atoms with Gasteiger partial charge in [-0.05, 0) is 6.42 Å². The monoisotopic (exact) mass is 184 g/mol. The van der Waals surface area contributed by atoms with E-state index in [2.05, 4.69) is 9.47 Å². The molecule has 5 heteroatoms. The fraction of sp³-hybridized carbons (Fsp3) is 0.714. The second-order valence-corrected chi connectivity index (χ2v) is 2.01. The molecule has 0 aromatic carbocycles. The molecule has 0 N–H and O–H groups in total. The predicted octanol–water partition coefficient (Wildman–Crippen LogP) is -0.146. The van der Waals surface area contributed by atoms with Crippen molar-refractivity contribution in [2.75, 3.05) is 14.2 Å². The van der Waals surface area contributed by atoms with Gasteiger partial charge in [0, 0.05) is 12.8 Å². The van der Waals surface area contributed by atoms with E-state index in [1.54, 1.807) is 0 Å². The summed E-state index contributed by atoms with van der Waals surface area (Å²) in [6, 6.07) is 0. The number of esters is 2. The first-order valence-corrected chi connectivity index (χ1v) is 3.34. The van der Waals surface area contributed by atoms with Crippen molar-refractivity contribution in [3.63, 3.8) is 0 Å². The quantitative estimate of drug-likeness (QED) is 0.450. The van der Waals surface area contributed by atoms with Crippen LogP contribution in [0.4, 0.5) is 0 Å². The zero-order valence-electron chi connectivity index (χ0n) is 6.75. The molecule has 0 spiro atoms. The second-order valence-electron chi connectivity index (χ2n) is 2.01. The number of carbonyl (C=O) groups is 2. The summed E-state index contributed by atoms with van der Waals surface area (Å²) in [5.74, 6) is -0.595. The van der Waals surface area contributed by atoms with Crippen molar-refractivity contribution in [1.82, 2.24) is 0 Å². The van der Waals surface area contributed by atoms with Gasteiger partial charge in [0.05, 0.1) is 14.2 Å². The van der Waals surface area contributed by atoms with Gasteiger partial charge in [-0.15, -0.1) is 0 Å². The molecule has 0 aromatic heterocycles. The number of methoxy groups -OCH3 is 2. The Bertz CT molecular complexity index is 130. The average molecular weight is 184 g/mol. The van der Waals surface area contributed by atoms with Crippen LogP contribution >= 0.6 is 0 Å². The van der Waals surface area contributed by atoms with Crippen molar-refractivity contribution in [3.05, 3.63) is 0 Å². The molecule has 0 atom stereocenters. The Kier molecular flexibility index (Phi) is 10.9. The fourth-order valence-corrected chi connectivity index (χ4v) is 0.581. The van der Waals surface area contributed by atoms with Gasteiger partial charge in [-0.1, -0.05) is 0 Å². The minimum absolute atomic E-state index is 0. The van der Waals surface area contributed by atoms with Gasteiger partial charge in [-0.3, -0.25) is 9.59 Å². The van der Waals surface area contributed by atoms with Crippen LogP contribution in [-0.4, -0.2) is 55.7 Å². The Labute approximate surface area is 93.9 Å². The summed E-state index contributed by atoms with van der Waals surface area (Å²) in [6.45, 7) is 0. The third-order valence-electron chi connectivity index (χ3n) is 1.22. The molecule has 0 heterocycles. The Morgan fingerprint density at radius 1 is 1.00 bits per heavy atom. The third-order valence-corrected chi connectivity index (χ3v) is 1.22. The number of hydrogen-bond donors (Lipinski definition) is 0. The van der Waals surface area contributed by atoms with E-state index in [0.717, 1.165) is 0 Å². The summed E-state index contributed by atoms with van der Waals surface area (Å²) in [6.07, 6.45) is 1.02. The van der Waals surface area contributed by atoms with Crippen molar-refractivity contribution in [2.24, 2.45) is 0 Å². The molecule has 0 radical (unpaired) electrons. The van der Waals surface area contributed by atoms with Crippen LogP contribution in [0.1, 0.15) is 19.3 Å². The maximum absolute atomic E-state index is 10.5. The Balaban J connectivity index is 0. The molecule has 4 nitrogen and oxygen atoms in total.